The number of nitrogens with zero attached hydrogens (tertiary/aromatic N) is 2. The third-order valence-electron chi connectivity index (χ3n) is 3.65. The number of morpholine rings is 1. The van der Waals surface area contributed by atoms with Gasteiger partial charge in [-0.3, -0.25) is 4.90 Å². The summed E-state index contributed by atoms with van der Waals surface area (Å²) < 4.78 is 5.34. The van der Waals surface area contributed by atoms with Crippen LogP contribution in [0, 0.1) is 0 Å². The lowest BCUT2D eigenvalue weighted by atomic mass is 10.1. The molecule has 0 amide bonds. The SMILES string of the molecule is CCNC(=NCc1ccsc1)NCC(C)(O)CN1CCOCC1. The Bertz CT molecular complexity index is 470. The highest BCUT2D eigenvalue weighted by molar-refractivity contribution is 7.07. The van der Waals surface area contributed by atoms with E-state index >= 15 is 0 Å². The highest BCUT2D eigenvalue weighted by atomic mass is 32.1. The summed E-state index contributed by atoms with van der Waals surface area (Å²) in [6.45, 7) is 9.66. The van der Waals surface area contributed by atoms with Gasteiger partial charge in [-0.15, -0.1) is 0 Å². The van der Waals surface area contributed by atoms with Crippen molar-refractivity contribution in [2.75, 3.05) is 45.9 Å². The highest BCUT2D eigenvalue weighted by Crippen LogP contribution is 2.08. The topological polar surface area (TPSA) is 69.1 Å². The lowest BCUT2D eigenvalue weighted by Crippen LogP contribution is -2.52. The molecule has 1 aromatic heterocycles. The van der Waals surface area contributed by atoms with Crippen LogP contribution in [0.15, 0.2) is 21.8 Å². The Morgan fingerprint density at radius 3 is 2.87 bits per heavy atom. The van der Waals surface area contributed by atoms with Crippen molar-refractivity contribution < 1.29 is 9.84 Å². The standard InChI is InChI=1S/C16H28N4O2S/c1-3-17-15(18-10-14-4-9-23-11-14)19-12-16(2,21)13-20-5-7-22-8-6-20/h4,9,11,21H,3,5-8,10,12-13H2,1-2H3,(H2,17,18,19). The maximum atomic E-state index is 10.6. The second kappa shape index (κ2) is 9.22. The van der Waals surface area contributed by atoms with Gasteiger partial charge in [0.15, 0.2) is 5.96 Å². The molecule has 1 aliphatic heterocycles. The fourth-order valence-corrected chi connectivity index (χ4v) is 3.13. The van der Waals surface area contributed by atoms with Gasteiger partial charge < -0.3 is 20.5 Å². The van der Waals surface area contributed by atoms with Gasteiger partial charge in [-0.25, -0.2) is 4.99 Å². The number of ether oxygens (including phenoxy) is 1. The second-order valence-corrected chi connectivity index (χ2v) is 6.85. The monoisotopic (exact) mass is 340 g/mol. The Morgan fingerprint density at radius 1 is 1.43 bits per heavy atom. The zero-order valence-corrected chi connectivity index (χ0v) is 14.9. The van der Waals surface area contributed by atoms with Crippen molar-refractivity contribution in [2.45, 2.75) is 26.0 Å². The molecular formula is C16H28N4O2S. The van der Waals surface area contributed by atoms with Crippen LogP contribution in [0.2, 0.25) is 0 Å². The maximum absolute atomic E-state index is 10.6. The molecule has 1 atom stereocenters. The lowest BCUT2D eigenvalue weighted by Gasteiger charge is -2.34. The fourth-order valence-electron chi connectivity index (χ4n) is 2.47. The predicted octanol–water partition coefficient (Wildman–Crippen LogP) is 0.886. The van der Waals surface area contributed by atoms with Crippen LogP contribution in [0.1, 0.15) is 19.4 Å². The number of aliphatic hydroxyl groups is 1. The van der Waals surface area contributed by atoms with E-state index < -0.39 is 5.60 Å². The quantitative estimate of drug-likeness (QED) is 0.508. The Labute approximate surface area is 142 Å². The van der Waals surface area contributed by atoms with E-state index in [-0.39, 0.29) is 0 Å². The molecule has 23 heavy (non-hydrogen) atoms. The van der Waals surface area contributed by atoms with Gasteiger partial charge in [0, 0.05) is 32.7 Å². The number of hydrogen-bond donors (Lipinski definition) is 3. The van der Waals surface area contributed by atoms with E-state index in [1.807, 2.05) is 13.8 Å². The van der Waals surface area contributed by atoms with E-state index in [4.69, 9.17) is 4.74 Å². The smallest absolute Gasteiger partial charge is 0.191 e. The first-order chi connectivity index (χ1) is 11.1. The third-order valence-corrected chi connectivity index (χ3v) is 4.38. The molecule has 0 aromatic carbocycles. The van der Waals surface area contributed by atoms with Crippen LogP contribution < -0.4 is 10.6 Å². The maximum Gasteiger partial charge on any atom is 0.191 e. The average molecular weight is 340 g/mol. The Hall–Kier alpha value is -1.15. The Kier molecular flexibility index (Phi) is 7.29. The van der Waals surface area contributed by atoms with Crippen LogP contribution in [0.5, 0.6) is 0 Å². The van der Waals surface area contributed by atoms with Crippen LogP contribution in [-0.2, 0) is 11.3 Å². The van der Waals surface area contributed by atoms with Crippen molar-refractivity contribution in [2.24, 2.45) is 4.99 Å². The van der Waals surface area contributed by atoms with Crippen LogP contribution in [0.3, 0.4) is 0 Å². The number of hydrogen-bond acceptors (Lipinski definition) is 5. The van der Waals surface area contributed by atoms with Crippen LogP contribution >= 0.6 is 11.3 Å². The van der Waals surface area contributed by atoms with Crippen molar-refractivity contribution in [1.29, 1.82) is 0 Å². The molecule has 6 nitrogen and oxygen atoms in total. The van der Waals surface area contributed by atoms with E-state index in [1.54, 1.807) is 11.3 Å². The number of nitrogens with one attached hydrogen (secondary N) is 2. The molecule has 1 unspecified atom stereocenters. The summed E-state index contributed by atoms with van der Waals surface area (Å²) in [6.07, 6.45) is 0. The third kappa shape index (κ3) is 6.87. The van der Waals surface area contributed by atoms with Crippen LogP contribution in [0.4, 0.5) is 0 Å². The summed E-state index contributed by atoms with van der Waals surface area (Å²) >= 11 is 1.68. The lowest BCUT2D eigenvalue weighted by molar-refractivity contribution is -0.0201. The van der Waals surface area contributed by atoms with Crippen molar-refractivity contribution in [3.05, 3.63) is 22.4 Å². The number of rotatable bonds is 7. The molecule has 3 N–H and O–H groups in total. The van der Waals surface area contributed by atoms with Gasteiger partial charge in [0.1, 0.15) is 0 Å². The number of β-amino-alcohol motifs (C(OH)–C–C–N with tert-alkyl or cyclic N) is 1. The number of guanidine groups is 1. The molecule has 0 spiro atoms. The molecule has 7 heteroatoms. The van der Waals surface area contributed by atoms with Gasteiger partial charge in [0.05, 0.1) is 25.4 Å². The minimum Gasteiger partial charge on any atom is -0.387 e. The molecule has 0 aliphatic carbocycles. The summed E-state index contributed by atoms with van der Waals surface area (Å²) in [7, 11) is 0. The van der Waals surface area contributed by atoms with Gasteiger partial charge in [-0.2, -0.15) is 11.3 Å². The van der Waals surface area contributed by atoms with Gasteiger partial charge in [-0.1, -0.05) is 0 Å². The van der Waals surface area contributed by atoms with E-state index in [0.717, 1.165) is 38.8 Å². The molecular weight excluding hydrogens is 312 g/mol. The molecule has 1 aliphatic rings. The summed E-state index contributed by atoms with van der Waals surface area (Å²) in [5.41, 5.74) is 0.392. The van der Waals surface area contributed by atoms with Crippen molar-refractivity contribution in [1.82, 2.24) is 15.5 Å². The largest absolute Gasteiger partial charge is 0.387 e. The number of aliphatic imine (C=N–C) groups is 1. The molecule has 130 valence electrons. The first kappa shape index (κ1) is 18.2. The Morgan fingerprint density at radius 2 is 2.22 bits per heavy atom. The normalized spacial score (nSPS) is 19.3. The number of thiophene rings is 1. The molecule has 1 fully saturated rings. The van der Waals surface area contributed by atoms with Crippen LogP contribution in [0.25, 0.3) is 0 Å². The minimum absolute atomic E-state index is 0.458. The van der Waals surface area contributed by atoms with Crippen molar-refractivity contribution >= 4 is 17.3 Å². The highest BCUT2D eigenvalue weighted by Gasteiger charge is 2.25. The van der Waals surface area contributed by atoms with Crippen LogP contribution in [-0.4, -0.2) is 67.5 Å². The summed E-state index contributed by atoms with van der Waals surface area (Å²) in [5.74, 6) is 0.737. The fraction of sp³-hybridized carbons (Fsp3) is 0.688. The molecule has 2 heterocycles. The summed E-state index contributed by atoms with van der Waals surface area (Å²) in [6, 6.07) is 2.08. The first-order valence-electron chi connectivity index (χ1n) is 8.15. The molecule has 1 aromatic rings. The zero-order chi connectivity index (χ0) is 16.5. The predicted molar refractivity (Wildman–Crippen MR) is 95.0 cm³/mol. The van der Waals surface area contributed by atoms with Crippen molar-refractivity contribution in [3.63, 3.8) is 0 Å². The van der Waals surface area contributed by atoms with Gasteiger partial charge >= 0.3 is 0 Å². The van der Waals surface area contributed by atoms with E-state index in [0.29, 0.717) is 19.6 Å². The molecule has 0 bridgehead atoms. The zero-order valence-electron chi connectivity index (χ0n) is 14.0. The second-order valence-electron chi connectivity index (χ2n) is 6.07. The van der Waals surface area contributed by atoms with Gasteiger partial charge in [0.25, 0.3) is 0 Å². The molecule has 1 saturated heterocycles. The van der Waals surface area contributed by atoms with Gasteiger partial charge in [-0.05, 0) is 36.2 Å². The molecule has 2 rings (SSSR count). The van der Waals surface area contributed by atoms with Gasteiger partial charge in [0.2, 0.25) is 0 Å². The summed E-state index contributed by atoms with van der Waals surface area (Å²) in [4.78, 5) is 6.80. The average Bonchev–Trinajstić information content (AvgIpc) is 3.04. The van der Waals surface area contributed by atoms with E-state index in [2.05, 4.69) is 37.4 Å². The first-order valence-corrected chi connectivity index (χ1v) is 9.09. The van der Waals surface area contributed by atoms with Crippen molar-refractivity contribution in [3.8, 4) is 0 Å². The minimum atomic E-state index is -0.810. The Balaban J connectivity index is 1.82. The van der Waals surface area contributed by atoms with E-state index in [9.17, 15) is 5.11 Å². The molecule has 0 radical (unpaired) electrons. The van der Waals surface area contributed by atoms with E-state index in [1.165, 1.54) is 5.56 Å². The summed E-state index contributed by atoms with van der Waals surface area (Å²) in [5, 5.41) is 21.2. The molecule has 0 saturated carbocycles.